The molecule has 0 aliphatic carbocycles. The van der Waals surface area contributed by atoms with E-state index < -0.39 is 0 Å². The number of aryl methyl sites for hydroxylation is 2. The van der Waals surface area contributed by atoms with Crippen LogP contribution in [0.1, 0.15) is 16.7 Å². The molecule has 108 valence electrons. The number of nitrogens with zero attached hydrogens (tertiary/aromatic N) is 1. The Balaban J connectivity index is 2.28. The highest BCUT2D eigenvalue weighted by Gasteiger charge is 2.02. The lowest BCUT2D eigenvalue weighted by molar-refractivity contribution is 0.363. The number of aliphatic imine (C=N–C) groups is 1. The van der Waals surface area contributed by atoms with E-state index in [9.17, 15) is 0 Å². The van der Waals surface area contributed by atoms with Crippen molar-refractivity contribution in [2.75, 3.05) is 6.61 Å². The molecule has 0 spiro atoms. The Morgan fingerprint density at radius 3 is 2.67 bits per heavy atom. The maximum atomic E-state index is 6.04. The molecule has 0 unspecified atom stereocenters. The molecule has 0 saturated carbocycles. The van der Waals surface area contributed by atoms with Crippen molar-refractivity contribution in [2.45, 2.75) is 13.8 Å². The summed E-state index contributed by atoms with van der Waals surface area (Å²) in [5, 5.41) is 0.655. The first-order valence-corrected chi connectivity index (χ1v) is 7.12. The molecule has 0 fully saturated rings. The van der Waals surface area contributed by atoms with Gasteiger partial charge in [0.25, 0.3) is 0 Å². The van der Waals surface area contributed by atoms with Crippen molar-refractivity contribution in [2.24, 2.45) is 4.99 Å². The molecule has 2 rings (SSSR count). The summed E-state index contributed by atoms with van der Waals surface area (Å²) in [7, 11) is 0. The van der Waals surface area contributed by atoms with Gasteiger partial charge in [0, 0.05) is 16.8 Å². The van der Waals surface area contributed by atoms with Crippen LogP contribution in [0.15, 0.2) is 54.0 Å². The maximum Gasteiger partial charge on any atom is 0.128 e. The molecule has 0 radical (unpaired) electrons. The highest BCUT2D eigenvalue weighted by Crippen LogP contribution is 2.23. The smallest absolute Gasteiger partial charge is 0.128 e. The van der Waals surface area contributed by atoms with Crippen LogP contribution < -0.4 is 4.74 Å². The fourth-order valence-corrected chi connectivity index (χ4v) is 2.03. The molecule has 0 atom stereocenters. The van der Waals surface area contributed by atoms with Gasteiger partial charge in [-0.25, -0.2) is 0 Å². The molecule has 0 aromatic heterocycles. The van der Waals surface area contributed by atoms with Crippen LogP contribution >= 0.6 is 11.6 Å². The van der Waals surface area contributed by atoms with E-state index in [4.69, 9.17) is 16.3 Å². The summed E-state index contributed by atoms with van der Waals surface area (Å²) >= 11 is 6.04. The van der Waals surface area contributed by atoms with Crippen LogP contribution in [0.5, 0.6) is 5.75 Å². The van der Waals surface area contributed by atoms with Crippen molar-refractivity contribution in [3.05, 3.63) is 70.8 Å². The number of ether oxygens (including phenoxy) is 1. The summed E-state index contributed by atoms with van der Waals surface area (Å²) in [5.41, 5.74) is 4.24. The number of benzene rings is 2. The number of rotatable bonds is 5. The monoisotopic (exact) mass is 299 g/mol. The van der Waals surface area contributed by atoms with E-state index in [1.54, 1.807) is 18.4 Å². The summed E-state index contributed by atoms with van der Waals surface area (Å²) in [5.74, 6) is 0.742. The molecule has 0 N–H and O–H groups in total. The number of hydrogen-bond acceptors (Lipinski definition) is 2. The first-order chi connectivity index (χ1) is 10.1. The molecule has 0 bridgehead atoms. The van der Waals surface area contributed by atoms with Crippen molar-refractivity contribution >= 4 is 23.5 Å². The van der Waals surface area contributed by atoms with E-state index in [0.717, 1.165) is 17.0 Å². The average Bonchev–Trinajstić information content (AvgIpc) is 2.47. The second kappa shape index (κ2) is 7.09. The van der Waals surface area contributed by atoms with Crippen LogP contribution in [0.4, 0.5) is 5.69 Å². The van der Waals surface area contributed by atoms with E-state index >= 15 is 0 Å². The minimum absolute atomic E-state index is 0.451. The molecule has 0 aliphatic heterocycles. The minimum atomic E-state index is 0.451. The Labute approximate surface area is 130 Å². The van der Waals surface area contributed by atoms with Gasteiger partial charge in [-0.15, -0.1) is 0 Å². The van der Waals surface area contributed by atoms with Gasteiger partial charge < -0.3 is 4.74 Å². The summed E-state index contributed by atoms with van der Waals surface area (Å²) in [4.78, 5) is 4.50. The van der Waals surface area contributed by atoms with Gasteiger partial charge in [-0.05, 0) is 55.3 Å². The van der Waals surface area contributed by atoms with Gasteiger partial charge in [-0.3, -0.25) is 4.99 Å². The third-order valence-corrected chi connectivity index (χ3v) is 3.41. The van der Waals surface area contributed by atoms with Gasteiger partial charge >= 0.3 is 0 Å². The van der Waals surface area contributed by atoms with Crippen molar-refractivity contribution in [3.8, 4) is 5.75 Å². The van der Waals surface area contributed by atoms with Gasteiger partial charge in [-0.1, -0.05) is 30.3 Å². The van der Waals surface area contributed by atoms with Crippen molar-refractivity contribution in [1.29, 1.82) is 0 Å². The molecule has 21 heavy (non-hydrogen) atoms. The average molecular weight is 300 g/mol. The molecule has 0 heterocycles. The zero-order valence-electron chi connectivity index (χ0n) is 12.3. The molecular weight excluding hydrogens is 282 g/mol. The quantitative estimate of drug-likeness (QED) is 0.544. The van der Waals surface area contributed by atoms with Crippen LogP contribution in [-0.4, -0.2) is 12.8 Å². The van der Waals surface area contributed by atoms with Gasteiger partial charge in [0.05, 0.1) is 5.69 Å². The van der Waals surface area contributed by atoms with Crippen LogP contribution in [0.3, 0.4) is 0 Å². The van der Waals surface area contributed by atoms with E-state index in [-0.39, 0.29) is 0 Å². The molecular formula is C18H18ClNO. The fourth-order valence-electron chi connectivity index (χ4n) is 1.85. The highest BCUT2D eigenvalue weighted by molar-refractivity contribution is 6.30. The summed E-state index contributed by atoms with van der Waals surface area (Å²) in [6.07, 6.45) is 3.48. The van der Waals surface area contributed by atoms with Gasteiger partial charge in [0.1, 0.15) is 12.4 Å². The van der Waals surface area contributed by atoms with E-state index in [2.05, 4.69) is 37.6 Å². The van der Waals surface area contributed by atoms with Crippen molar-refractivity contribution in [3.63, 3.8) is 0 Å². The minimum Gasteiger partial charge on any atom is -0.489 e. The lowest BCUT2D eigenvalue weighted by atomic mass is 10.1. The molecule has 0 saturated heterocycles. The molecule has 2 aromatic carbocycles. The van der Waals surface area contributed by atoms with Crippen LogP contribution in [0.25, 0.3) is 0 Å². The van der Waals surface area contributed by atoms with Crippen molar-refractivity contribution in [1.82, 2.24) is 0 Å². The number of halogens is 1. The topological polar surface area (TPSA) is 21.6 Å². The Morgan fingerprint density at radius 2 is 1.95 bits per heavy atom. The molecule has 2 aromatic rings. The van der Waals surface area contributed by atoms with Crippen LogP contribution in [0.2, 0.25) is 5.02 Å². The first kappa shape index (κ1) is 15.3. The Bertz CT molecular complexity index is 677. The summed E-state index contributed by atoms with van der Waals surface area (Å²) in [6, 6.07) is 11.6. The van der Waals surface area contributed by atoms with Gasteiger partial charge in [0.15, 0.2) is 0 Å². The third kappa shape index (κ3) is 4.20. The largest absolute Gasteiger partial charge is 0.489 e. The third-order valence-electron chi connectivity index (χ3n) is 3.17. The Morgan fingerprint density at radius 1 is 1.14 bits per heavy atom. The van der Waals surface area contributed by atoms with Gasteiger partial charge in [0.2, 0.25) is 0 Å². The predicted octanol–water partition coefficient (Wildman–Crippen LogP) is 5.27. The summed E-state index contributed by atoms with van der Waals surface area (Å²) < 4.78 is 5.60. The van der Waals surface area contributed by atoms with E-state index in [1.807, 2.05) is 18.2 Å². The SMILES string of the molecule is C=CCOc1ccc(Cl)cc1C=Nc1ccc(C)c(C)c1. The zero-order chi connectivity index (χ0) is 15.2. The van der Waals surface area contributed by atoms with E-state index in [1.165, 1.54) is 11.1 Å². The molecule has 2 nitrogen and oxygen atoms in total. The second-order valence-corrected chi connectivity index (χ2v) is 5.25. The molecule has 0 aliphatic rings. The zero-order valence-corrected chi connectivity index (χ0v) is 13.0. The van der Waals surface area contributed by atoms with Gasteiger partial charge in [-0.2, -0.15) is 0 Å². The van der Waals surface area contributed by atoms with Crippen LogP contribution in [-0.2, 0) is 0 Å². The lowest BCUT2D eigenvalue weighted by Gasteiger charge is -2.07. The van der Waals surface area contributed by atoms with Crippen LogP contribution in [0, 0.1) is 13.8 Å². The standard InChI is InChI=1S/C18H18ClNO/c1-4-9-21-18-8-6-16(19)11-15(18)12-20-17-7-5-13(2)14(3)10-17/h4-8,10-12H,1,9H2,2-3H3. The van der Waals surface area contributed by atoms with Crippen molar-refractivity contribution < 1.29 is 4.74 Å². The fraction of sp³-hybridized carbons (Fsp3) is 0.167. The maximum absolute atomic E-state index is 6.04. The normalized spacial score (nSPS) is 10.8. The number of hydrogen-bond donors (Lipinski definition) is 0. The molecule has 0 amide bonds. The summed E-state index contributed by atoms with van der Waals surface area (Å²) in [6.45, 7) is 8.26. The Kier molecular flexibility index (Phi) is 5.18. The highest BCUT2D eigenvalue weighted by atomic mass is 35.5. The lowest BCUT2D eigenvalue weighted by Crippen LogP contribution is -1.96. The first-order valence-electron chi connectivity index (χ1n) is 6.74. The molecule has 3 heteroatoms. The predicted molar refractivity (Wildman–Crippen MR) is 90.3 cm³/mol. The van der Waals surface area contributed by atoms with E-state index in [0.29, 0.717) is 11.6 Å². The second-order valence-electron chi connectivity index (χ2n) is 4.81. The Hall–Kier alpha value is -2.06.